The van der Waals surface area contributed by atoms with Gasteiger partial charge in [-0.05, 0) is 119 Å². The Labute approximate surface area is 330 Å². The number of amides is 4. The summed E-state index contributed by atoms with van der Waals surface area (Å²) < 4.78 is 29.7. The SMILES string of the molecule is CC(C)(C)OC(=O)NCCN(Cc1cc(CN(CCNC(=O)OC(C)(C)C)C(=O)OC(C)(C)C)cc(OCCCn2ccc(N)nc2=O)c1)C(=O)OC(C)(C)C. The van der Waals surface area contributed by atoms with Crippen molar-refractivity contribution in [1.82, 2.24) is 30.0 Å². The highest BCUT2D eigenvalue weighted by atomic mass is 16.6. The Balaban J connectivity index is 2.44. The summed E-state index contributed by atoms with van der Waals surface area (Å²) in [6, 6.07) is 6.89. The van der Waals surface area contributed by atoms with Gasteiger partial charge in [-0.1, -0.05) is 6.07 Å². The zero-order chi connectivity index (χ0) is 42.5. The second kappa shape index (κ2) is 20.1. The van der Waals surface area contributed by atoms with Crippen molar-refractivity contribution in [2.75, 3.05) is 38.5 Å². The van der Waals surface area contributed by atoms with Gasteiger partial charge in [0.05, 0.1) is 6.61 Å². The molecule has 0 fully saturated rings. The van der Waals surface area contributed by atoms with Crippen LogP contribution in [0.5, 0.6) is 5.75 Å². The van der Waals surface area contributed by atoms with Crippen LogP contribution in [-0.4, -0.2) is 98.9 Å². The van der Waals surface area contributed by atoms with Gasteiger partial charge in [0, 0.05) is 52.0 Å². The molecule has 4 N–H and O–H groups in total. The lowest BCUT2D eigenvalue weighted by molar-refractivity contribution is 0.0222. The number of anilines is 1. The lowest BCUT2D eigenvalue weighted by atomic mass is 10.1. The summed E-state index contributed by atoms with van der Waals surface area (Å²) in [4.78, 5) is 70.5. The molecule has 2 aromatic rings. The number of carbonyl (C=O) groups is 4. The molecule has 314 valence electrons. The molecule has 0 aliphatic carbocycles. The average molecular weight is 790 g/mol. The Hall–Kier alpha value is -5.22. The average Bonchev–Trinajstić information content (AvgIpc) is 2.99. The molecule has 2 rings (SSSR count). The summed E-state index contributed by atoms with van der Waals surface area (Å²) in [7, 11) is 0. The molecule has 0 aliphatic rings. The molecule has 4 amide bonds. The summed E-state index contributed by atoms with van der Waals surface area (Å²) in [5.41, 5.74) is 3.41. The Kier molecular flexibility index (Phi) is 16.8. The van der Waals surface area contributed by atoms with Gasteiger partial charge in [0.15, 0.2) is 0 Å². The molecule has 17 nitrogen and oxygen atoms in total. The van der Waals surface area contributed by atoms with E-state index in [2.05, 4.69) is 15.6 Å². The number of rotatable bonds is 15. The number of alkyl carbamates (subject to hydrolysis) is 2. The van der Waals surface area contributed by atoms with Crippen molar-refractivity contribution in [3.8, 4) is 5.75 Å². The van der Waals surface area contributed by atoms with Crippen LogP contribution in [0.2, 0.25) is 0 Å². The lowest BCUT2D eigenvalue weighted by Gasteiger charge is -2.29. The maximum absolute atomic E-state index is 13.5. The van der Waals surface area contributed by atoms with Gasteiger partial charge < -0.3 is 49.9 Å². The molecule has 0 saturated heterocycles. The van der Waals surface area contributed by atoms with Gasteiger partial charge in [0.1, 0.15) is 34.0 Å². The number of hydrogen-bond acceptors (Lipinski definition) is 12. The van der Waals surface area contributed by atoms with E-state index in [1.54, 1.807) is 101 Å². The second-order valence-electron chi connectivity index (χ2n) is 17.2. The van der Waals surface area contributed by atoms with Gasteiger partial charge in [0.2, 0.25) is 0 Å². The van der Waals surface area contributed by atoms with E-state index in [0.717, 1.165) is 0 Å². The smallest absolute Gasteiger partial charge is 0.410 e. The largest absolute Gasteiger partial charge is 0.494 e. The third-order valence-electron chi connectivity index (χ3n) is 6.88. The first-order chi connectivity index (χ1) is 25.7. The highest BCUT2D eigenvalue weighted by Crippen LogP contribution is 2.23. The third-order valence-corrected chi connectivity index (χ3v) is 6.88. The van der Waals surface area contributed by atoms with Gasteiger partial charge in [-0.3, -0.25) is 4.57 Å². The van der Waals surface area contributed by atoms with Crippen LogP contribution in [0.4, 0.5) is 25.0 Å². The predicted molar refractivity (Wildman–Crippen MR) is 211 cm³/mol. The molecule has 0 bridgehead atoms. The lowest BCUT2D eigenvalue weighted by Crippen LogP contribution is -2.42. The van der Waals surface area contributed by atoms with Crippen molar-refractivity contribution in [3.05, 3.63) is 52.1 Å². The number of hydrogen-bond donors (Lipinski definition) is 3. The first kappa shape index (κ1) is 46.9. The number of nitrogens with zero attached hydrogens (tertiary/aromatic N) is 4. The second-order valence-corrected chi connectivity index (χ2v) is 17.2. The normalized spacial score (nSPS) is 11.9. The monoisotopic (exact) mass is 789 g/mol. The molecule has 1 aromatic carbocycles. The predicted octanol–water partition coefficient (Wildman–Crippen LogP) is 5.82. The fourth-order valence-electron chi connectivity index (χ4n) is 4.81. The third kappa shape index (κ3) is 19.9. The van der Waals surface area contributed by atoms with Crippen molar-refractivity contribution in [2.45, 2.75) is 132 Å². The molecule has 56 heavy (non-hydrogen) atoms. The number of nitrogens with one attached hydrogen (secondary N) is 2. The Morgan fingerprint density at radius 1 is 0.696 bits per heavy atom. The fourth-order valence-corrected chi connectivity index (χ4v) is 4.81. The van der Waals surface area contributed by atoms with Crippen LogP contribution < -0.4 is 26.8 Å². The van der Waals surface area contributed by atoms with Crippen molar-refractivity contribution in [1.29, 1.82) is 0 Å². The maximum atomic E-state index is 13.5. The minimum atomic E-state index is -0.798. The van der Waals surface area contributed by atoms with Gasteiger partial charge in [-0.15, -0.1) is 0 Å². The number of aryl methyl sites for hydroxylation is 1. The number of nitrogens with two attached hydrogens (primary N) is 1. The van der Waals surface area contributed by atoms with E-state index >= 15 is 0 Å². The molecule has 0 aliphatic heterocycles. The zero-order valence-corrected chi connectivity index (χ0v) is 35.2. The number of nitrogen functional groups attached to an aromatic ring is 1. The van der Waals surface area contributed by atoms with E-state index in [0.29, 0.717) is 29.8 Å². The molecule has 17 heteroatoms. The molecular formula is C39H63N7O10. The zero-order valence-electron chi connectivity index (χ0n) is 35.2. The molecule has 0 radical (unpaired) electrons. The number of ether oxygens (including phenoxy) is 5. The molecular weight excluding hydrogens is 726 g/mol. The van der Waals surface area contributed by atoms with Crippen LogP contribution in [0.25, 0.3) is 0 Å². The summed E-state index contributed by atoms with van der Waals surface area (Å²) >= 11 is 0. The Morgan fingerprint density at radius 3 is 1.52 bits per heavy atom. The molecule has 0 atom stereocenters. The number of carbonyl (C=O) groups excluding carboxylic acids is 4. The molecule has 1 heterocycles. The van der Waals surface area contributed by atoms with Crippen LogP contribution in [0, 0.1) is 0 Å². The quantitative estimate of drug-likeness (QED) is 0.144. The molecule has 0 saturated carbocycles. The highest BCUT2D eigenvalue weighted by Gasteiger charge is 2.26. The molecule has 0 spiro atoms. The topological polar surface area (TPSA) is 206 Å². The van der Waals surface area contributed by atoms with Gasteiger partial charge >= 0.3 is 30.1 Å². The van der Waals surface area contributed by atoms with Crippen molar-refractivity contribution in [3.63, 3.8) is 0 Å². The minimum absolute atomic E-state index is 0.0499. The van der Waals surface area contributed by atoms with Crippen LogP contribution in [-0.2, 0) is 38.6 Å². The van der Waals surface area contributed by atoms with E-state index in [9.17, 15) is 24.0 Å². The van der Waals surface area contributed by atoms with Crippen molar-refractivity contribution < 1.29 is 42.9 Å². The number of aromatic nitrogens is 2. The standard InChI is InChI=1S/C39H63N7O10/c1-36(2,3)53-32(48)41-15-19-45(34(50)55-38(7,8)9)25-27-22-28(24-29(23-27)52-21-13-17-44-18-14-30(40)43-31(44)47)26-46(35(51)56-39(10,11)12)20-16-42-33(49)54-37(4,5)6/h14,18,22-24H,13,15-17,19-21,25-26H2,1-12H3,(H,41,48)(H,42,49)(H2,40,43,47). The Bertz CT molecular complexity index is 1600. The van der Waals surface area contributed by atoms with E-state index in [1.807, 2.05) is 6.07 Å². The van der Waals surface area contributed by atoms with Gasteiger partial charge in [-0.25, -0.2) is 24.0 Å². The van der Waals surface area contributed by atoms with Crippen molar-refractivity contribution in [2.24, 2.45) is 0 Å². The first-order valence-electron chi connectivity index (χ1n) is 18.7. The van der Waals surface area contributed by atoms with Crippen molar-refractivity contribution >= 4 is 30.2 Å². The van der Waals surface area contributed by atoms with Crippen LogP contribution in [0.1, 0.15) is 101 Å². The molecule has 0 unspecified atom stereocenters. The summed E-state index contributed by atoms with van der Waals surface area (Å²) in [6.45, 7) is 22.0. The van der Waals surface area contributed by atoms with E-state index in [-0.39, 0.29) is 51.7 Å². The molecule has 1 aromatic heterocycles. The fraction of sp³-hybridized carbons (Fsp3) is 0.641. The van der Waals surface area contributed by atoms with E-state index in [4.69, 9.17) is 29.4 Å². The van der Waals surface area contributed by atoms with E-state index < -0.39 is 52.5 Å². The van der Waals surface area contributed by atoms with Crippen LogP contribution >= 0.6 is 0 Å². The van der Waals surface area contributed by atoms with Crippen LogP contribution in [0.3, 0.4) is 0 Å². The summed E-state index contributed by atoms with van der Waals surface area (Å²) in [5.74, 6) is 0.571. The first-order valence-corrected chi connectivity index (χ1v) is 18.7. The van der Waals surface area contributed by atoms with Gasteiger partial charge in [-0.2, -0.15) is 4.98 Å². The van der Waals surface area contributed by atoms with E-state index in [1.165, 1.54) is 20.4 Å². The maximum Gasteiger partial charge on any atom is 0.410 e. The summed E-state index contributed by atoms with van der Waals surface area (Å²) in [6.07, 6.45) is -0.453. The number of benzene rings is 1. The summed E-state index contributed by atoms with van der Waals surface area (Å²) in [5, 5.41) is 5.36. The van der Waals surface area contributed by atoms with Gasteiger partial charge in [0.25, 0.3) is 0 Å². The Morgan fingerprint density at radius 2 is 1.12 bits per heavy atom. The van der Waals surface area contributed by atoms with Crippen LogP contribution in [0.15, 0.2) is 35.3 Å². The minimum Gasteiger partial charge on any atom is -0.494 e. The highest BCUT2D eigenvalue weighted by molar-refractivity contribution is 5.70.